The monoisotopic (exact) mass is 401 g/mol. The smallest absolute Gasteiger partial charge is 0.371 e. The fourth-order valence-corrected chi connectivity index (χ4v) is 2.68. The molecule has 0 radical (unpaired) electrons. The maximum Gasteiger partial charge on any atom is 0.416 e. The number of halogens is 3. The number of nitro groups is 1. The number of hydrogen-bond acceptors (Lipinski definition) is 5. The third-order valence-electron chi connectivity index (χ3n) is 3.41. The minimum Gasteiger partial charge on any atom is -0.371 e. The largest absolute Gasteiger partial charge is 0.416 e. The van der Waals surface area contributed by atoms with Crippen molar-refractivity contribution in [3.63, 3.8) is 0 Å². The molecule has 0 fully saturated rings. The Labute approximate surface area is 154 Å². The number of carbonyl (C=O) groups is 1. The summed E-state index contributed by atoms with van der Waals surface area (Å²) in [4.78, 5) is 22.6. The third kappa shape index (κ3) is 5.51. The summed E-state index contributed by atoms with van der Waals surface area (Å²) in [5.41, 5.74) is -1.31. The number of alkyl halides is 3. The molecule has 2 N–H and O–H groups in total. The number of amides is 1. The van der Waals surface area contributed by atoms with Gasteiger partial charge in [-0.25, -0.2) is 0 Å². The van der Waals surface area contributed by atoms with Gasteiger partial charge in [0.05, 0.1) is 27.8 Å². The van der Waals surface area contributed by atoms with Crippen LogP contribution in [0, 0.1) is 10.1 Å². The van der Waals surface area contributed by atoms with Crippen LogP contribution in [0.3, 0.4) is 0 Å². The first-order valence-electron chi connectivity index (χ1n) is 7.41. The number of nitro benzene ring substituents is 1. The van der Waals surface area contributed by atoms with Crippen LogP contribution in [-0.2, 0) is 21.8 Å². The lowest BCUT2D eigenvalue weighted by molar-refractivity contribution is -0.384. The number of nitrogens with zero attached hydrogens (tertiary/aromatic N) is 1. The summed E-state index contributed by atoms with van der Waals surface area (Å²) in [5, 5.41) is 16.0. The fourth-order valence-electron chi connectivity index (χ4n) is 2.14. The highest BCUT2D eigenvalue weighted by atomic mass is 32.2. The fraction of sp³-hybridized carbons (Fsp3) is 0.188. The van der Waals surface area contributed by atoms with E-state index in [1.807, 2.05) is 0 Å². The van der Waals surface area contributed by atoms with E-state index < -0.39 is 39.9 Å². The molecule has 7 nitrogen and oxygen atoms in total. The second-order valence-electron chi connectivity index (χ2n) is 5.37. The van der Waals surface area contributed by atoms with E-state index in [0.717, 1.165) is 24.3 Å². The average molecular weight is 401 g/mol. The van der Waals surface area contributed by atoms with Gasteiger partial charge in [0.15, 0.2) is 0 Å². The van der Waals surface area contributed by atoms with E-state index in [9.17, 15) is 32.3 Å². The Morgan fingerprint density at radius 1 is 1.22 bits per heavy atom. The number of carbonyl (C=O) groups excluding carboxylic acids is 1. The topological polar surface area (TPSA) is 101 Å². The molecule has 0 bridgehead atoms. The molecule has 2 aromatic rings. The molecular formula is C16H14F3N3O4S. The summed E-state index contributed by atoms with van der Waals surface area (Å²) >= 11 is 0. The second kappa shape index (κ2) is 8.16. The van der Waals surface area contributed by atoms with E-state index >= 15 is 0 Å². The Morgan fingerprint density at radius 2 is 1.93 bits per heavy atom. The molecule has 0 saturated carbocycles. The van der Waals surface area contributed by atoms with Crippen molar-refractivity contribution < 1.29 is 27.1 Å². The standard InChI is InChI=1S/C16H14F3N3O4S/c1-27(26)12-5-6-13(14(8-12)22(24)25)20-9-15(23)21-11-4-2-3-10(7-11)16(17,18)19/h2-8,20H,9H2,1H3,(H,21,23). The Bertz CT molecular complexity index is 903. The van der Waals surface area contributed by atoms with Gasteiger partial charge in [0.25, 0.3) is 5.69 Å². The summed E-state index contributed by atoms with van der Waals surface area (Å²) < 4.78 is 49.4. The zero-order chi connectivity index (χ0) is 20.2. The Kier molecular flexibility index (Phi) is 6.16. The molecule has 0 aromatic heterocycles. The summed E-state index contributed by atoms with van der Waals surface area (Å²) in [5.74, 6) is -0.688. The first kappa shape index (κ1) is 20.4. The third-order valence-corrected chi connectivity index (χ3v) is 4.33. The predicted molar refractivity (Wildman–Crippen MR) is 94.0 cm³/mol. The number of hydrogen-bond donors (Lipinski definition) is 2. The summed E-state index contributed by atoms with van der Waals surface area (Å²) in [7, 11) is -1.42. The summed E-state index contributed by atoms with van der Waals surface area (Å²) in [6.45, 7) is -0.411. The van der Waals surface area contributed by atoms with E-state index in [2.05, 4.69) is 10.6 Å². The molecule has 11 heteroatoms. The van der Waals surface area contributed by atoms with Gasteiger partial charge in [-0.05, 0) is 30.3 Å². The zero-order valence-corrected chi connectivity index (χ0v) is 14.7. The molecule has 0 saturated heterocycles. The Morgan fingerprint density at radius 3 is 2.52 bits per heavy atom. The Balaban J connectivity index is 2.08. The predicted octanol–water partition coefficient (Wildman–Crippen LogP) is 3.40. The SMILES string of the molecule is CS(=O)c1ccc(NCC(=O)Nc2cccc(C(F)(F)F)c2)c([N+](=O)[O-])c1. The van der Waals surface area contributed by atoms with Gasteiger partial charge in [-0.3, -0.25) is 19.1 Å². The first-order valence-corrected chi connectivity index (χ1v) is 8.96. The Hall–Kier alpha value is -2.95. The highest BCUT2D eigenvalue weighted by Crippen LogP contribution is 2.30. The maximum absolute atomic E-state index is 12.7. The van der Waals surface area contributed by atoms with E-state index in [1.165, 1.54) is 24.5 Å². The van der Waals surface area contributed by atoms with Crippen molar-refractivity contribution in [3.8, 4) is 0 Å². The van der Waals surface area contributed by atoms with Crippen molar-refractivity contribution >= 4 is 33.8 Å². The van der Waals surface area contributed by atoms with Crippen LogP contribution in [0.1, 0.15) is 5.56 Å². The minimum atomic E-state index is -4.54. The number of benzene rings is 2. The minimum absolute atomic E-state index is 0.0217. The van der Waals surface area contributed by atoms with Gasteiger partial charge in [0, 0.05) is 22.9 Å². The van der Waals surface area contributed by atoms with Crippen LogP contribution in [0.2, 0.25) is 0 Å². The molecule has 1 amide bonds. The quantitative estimate of drug-likeness (QED) is 0.571. The van der Waals surface area contributed by atoms with E-state index in [-0.39, 0.29) is 22.0 Å². The molecule has 1 unspecified atom stereocenters. The van der Waals surface area contributed by atoms with Crippen molar-refractivity contribution in [1.82, 2.24) is 0 Å². The van der Waals surface area contributed by atoms with E-state index in [1.54, 1.807) is 0 Å². The molecule has 0 heterocycles. The van der Waals surface area contributed by atoms with Gasteiger partial charge >= 0.3 is 6.18 Å². The van der Waals surface area contributed by atoms with Crippen LogP contribution in [-0.4, -0.2) is 27.8 Å². The van der Waals surface area contributed by atoms with Gasteiger partial charge in [0.1, 0.15) is 5.69 Å². The lowest BCUT2D eigenvalue weighted by Gasteiger charge is -2.11. The van der Waals surface area contributed by atoms with Gasteiger partial charge in [-0.2, -0.15) is 13.2 Å². The van der Waals surface area contributed by atoms with Crippen molar-refractivity contribution in [1.29, 1.82) is 0 Å². The highest BCUT2D eigenvalue weighted by Gasteiger charge is 2.30. The lowest BCUT2D eigenvalue weighted by atomic mass is 10.2. The molecule has 27 heavy (non-hydrogen) atoms. The van der Waals surface area contributed by atoms with Crippen LogP contribution in [0.15, 0.2) is 47.4 Å². The van der Waals surface area contributed by atoms with Crippen LogP contribution in [0.5, 0.6) is 0 Å². The molecule has 0 spiro atoms. The van der Waals surface area contributed by atoms with Crippen LogP contribution >= 0.6 is 0 Å². The van der Waals surface area contributed by atoms with E-state index in [4.69, 9.17) is 0 Å². The van der Waals surface area contributed by atoms with Crippen molar-refractivity contribution in [2.45, 2.75) is 11.1 Å². The molecule has 2 rings (SSSR count). The summed E-state index contributed by atoms with van der Waals surface area (Å²) in [6.07, 6.45) is -3.17. The molecule has 2 aromatic carbocycles. The summed E-state index contributed by atoms with van der Waals surface area (Å²) in [6, 6.07) is 7.95. The molecule has 0 aliphatic heterocycles. The van der Waals surface area contributed by atoms with Crippen LogP contribution in [0.25, 0.3) is 0 Å². The average Bonchev–Trinajstić information content (AvgIpc) is 2.59. The maximum atomic E-state index is 12.7. The first-order chi connectivity index (χ1) is 12.6. The molecule has 0 aliphatic carbocycles. The number of nitrogens with one attached hydrogen (secondary N) is 2. The van der Waals surface area contributed by atoms with Crippen molar-refractivity contribution in [2.75, 3.05) is 23.4 Å². The highest BCUT2D eigenvalue weighted by molar-refractivity contribution is 7.84. The second-order valence-corrected chi connectivity index (χ2v) is 6.75. The molecule has 144 valence electrons. The normalized spacial score (nSPS) is 12.3. The zero-order valence-electron chi connectivity index (χ0n) is 13.9. The molecule has 1 atom stereocenters. The van der Waals surface area contributed by atoms with E-state index in [0.29, 0.717) is 0 Å². The van der Waals surface area contributed by atoms with Gasteiger partial charge in [-0.1, -0.05) is 6.07 Å². The van der Waals surface area contributed by atoms with Gasteiger partial charge < -0.3 is 10.6 Å². The van der Waals surface area contributed by atoms with Crippen molar-refractivity contribution in [3.05, 3.63) is 58.1 Å². The number of rotatable bonds is 6. The van der Waals surface area contributed by atoms with Crippen LogP contribution in [0.4, 0.5) is 30.2 Å². The van der Waals surface area contributed by atoms with Crippen molar-refractivity contribution in [2.24, 2.45) is 0 Å². The lowest BCUT2D eigenvalue weighted by Crippen LogP contribution is -2.22. The molecular weight excluding hydrogens is 387 g/mol. The van der Waals surface area contributed by atoms with Gasteiger partial charge in [0.2, 0.25) is 5.91 Å². The number of anilines is 2. The van der Waals surface area contributed by atoms with Gasteiger partial charge in [-0.15, -0.1) is 0 Å². The molecule has 0 aliphatic rings. The van der Waals surface area contributed by atoms with Crippen LogP contribution < -0.4 is 10.6 Å².